The fourth-order valence-corrected chi connectivity index (χ4v) is 3.72. The molecule has 2 fully saturated rings. The van der Waals surface area contributed by atoms with Gasteiger partial charge in [0.25, 0.3) is 0 Å². The van der Waals surface area contributed by atoms with Gasteiger partial charge in [-0.3, -0.25) is 0 Å². The molecule has 3 nitrogen and oxygen atoms in total. The van der Waals surface area contributed by atoms with Crippen molar-refractivity contribution in [1.82, 2.24) is 10.2 Å². The van der Waals surface area contributed by atoms with E-state index in [0.717, 1.165) is 18.4 Å². The maximum absolute atomic E-state index is 9.99. The highest BCUT2D eigenvalue weighted by Gasteiger charge is 2.39. The fourth-order valence-electron chi connectivity index (χ4n) is 3.72. The van der Waals surface area contributed by atoms with Crippen LogP contribution >= 0.6 is 0 Å². The number of aliphatic hydroxyl groups excluding tert-OH is 1. The number of aliphatic hydroxyl groups is 1. The molecule has 0 radical (unpaired) electrons. The summed E-state index contributed by atoms with van der Waals surface area (Å²) < 4.78 is 0. The molecule has 0 amide bonds. The first kappa shape index (κ1) is 15.3. The summed E-state index contributed by atoms with van der Waals surface area (Å²) in [6.07, 6.45) is 3.90. The quantitative estimate of drug-likeness (QED) is 0.801. The van der Waals surface area contributed by atoms with Crippen molar-refractivity contribution in [2.24, 2.45) is 17.8 Å². The molecule has 1 saturated heterocycles. The predicted molar refractivity (Wildman–Crippen MR) is 80.2 cm³/mol. The van der Waals surface area contributed by atoms with Gasteiger partial charge in [0, 0.05) is 31.7 Å². The minimum Gasteiger partial charge on any atom is -0.392 e. The first-order valence-corrected chi connectivity index (χ1v) is 8.14. The van der Waals surface area contributed by atoms with Crippen LogP contribution in [0.15, 0.2) is 0 Å². The molecule has 1 aliphatic carbocycles. The van der Waals surface area contributed by atoms with E-state index in [1.807, 2.05) is 0 Å². The first-order valence-electron chi connectivity index (χ1n) is 8.14. The van der Waals surface area contributed by atoms with Crippen LogP contribution < -0.4 is 5.32 Å². The second kappa shape index (κ2) is 6.55. The zero-order valence-electron chi connectivity index (χ0n) is 13.1. The molecule has 0 aromatic carbocycles. The average Bonchev–Trinajstić information content (AvgIpc) is 2.34. The zero-order chi connectivity index (χ0) is 14.0. The molecule has 0 aromatic rings. The number of rotatable bonds is 5. The van der Waals surface area contributed by atoms with Gasteiger partial charge in [0.1, 0.15) is 0 Å². The molecule has 1 heterocycles. The lowest BCUT2D eigenvalue weighted by Crippen LogP contribution is -2.59. The molecule has 2 aliphatic rings. The maximum Gasteiger partial charge on any atom is 0.0687 e. The fraction of sp³-hybridized carbons (Fsp3) is 1.00. The Labute approximate surface area is 118 Å². The molecule has 19 heavy (non-hydrogen) atoms. The summed E-state index contributed by atoms with van der Waals surface area (Å²) in [7, 11) is 0. The van der Waals surface area contributed by atoms with Crippen molar-refractivity contribution in [3.8, 4) is 0 Å². The van der Waals surface area contributed by atoms with E-state index in [4.69, 9.17) is 0 Å². The lowest BCUT2D eigenvalue weighted by molar-refractivity contribution is 0.0209. The summed E-state index contributed by atoms with van der Waals surface area (Å²) in [4.78, 5) is 2.64. The van der Waals surface area contributed by atoms with Gasteiger partial charge in [-0.25, -0.2) is 0 Å². The molecular formula is C16H32N2O. The molecule has 3 heteroatoms. The third-order valence-electron chi connectivity index (χ3n) is 5.17. The highest BCUT2D eigenvalue weighted by atomic mass is 16.3. The highest BCUT2D eigenvalue weighted by molar-refractivity contribution is 4.95. The largest absolute Gasteiger partial charge is 0.392 e. The summed E-state index contributed by atoms with van der Waals surface area (Å²) in [5.41, 5.74) is 0. The van der Waals surface area contributed by atoms with Gasteiger partial charge in [-0.05, 0) is 44.4 Å². The molecule has 0 spiro atoms. The molecule has 0 aromatic heterocycles. The highest BCUT2D eigenvalue weighted by Crippen LogP contribution is 2.35. The molecule has 2 bridgehead atoms. The Hall–Kier alpha value is -0.120. The Morgan fingerprint density at radius 1 is 1.11 bits per heavy atom. The Balaban J connectivity index is 1.91. The lowest BCUT2D eigenvalue weighted by Gasteiger charge is -2.49. The van der Waals surface area contributed by atoms with Crippen molar-refractivity contribution < 1.29 is 5.11 Å². The molecule has 3 atom stereocenters. The van der Waals surface area contributed by atoms with Gasteiger partial charge in [0.05, 0.1) is 6.10 Å². The van der Waals surface area contributed by atoms with E-state index in [-0.39, 0.29) is 6.10 Å². The monoisotopic (exact) mass is 268 g/mol. The van der Waals surface area contributed by atoms with Gasteiger partial charge in [-0.1, -0.05) is 20.3 Å². The average molecular weight is 268 g/mol. The van der Waals surface area contributed by atoms with Crippen LogP contribution in [0.2, 0.25) is 0 Å². The molecular weight excluding hydrogens is 236 g/mol. The van der Waals surface area contributed by atoms with Crippen molar-refractivity contribution >= 4 is 0 Å². The molecule has 2 rings (SSSR count). The smallest absolute Gasteiger partial charge is 0.0687 e. The Morgan fingerprint density at radius 3 is 2.16 bits per heavy atom. The van der Waals surface area contributed by atoms with Crippen molar-refractivity contribution in [2.75, 3.05) is 19.6 Å². The maximum atomic E-state index is 9.99. The van der Waals surface area contributed by atoms with Gasteiger partial charge in [0.2, 0.25) is 0 Å². The van der Waals surface area contributed by atoms with Crippen LogP contribution in [0.3, 0.4) is 0 Å². The van der Waals surface area contributed by atoms with E-state index in [9.17, 15) is 5.11 Å². The minimum absolute atomic E-state index is 0.205. The number of hydrogen-bond acceptors (Lipinski definition) is 3. The third-order valence-corrected chi connectivity index (χ3v) is 5.17. The van der Waals surface area contributed by atoms with Gasteiger partial charge in [0.15, 0.2) is 0 Å². The second-order valence-corrected chi connectivity index (χ2v) is 7.24. The lowest BCUT2D eigenvalue weighted by atomic mass is 9.73. The standard InChI is InChI=1S/C16H32N2O/c1-11(2)15(19)8-17-16-13-6-5-7-14(16)10-18(9-13)12(3)4/h11-17,19H,5-10H2,1-4H3. The number of fused-ring (bicyclic) bond motifs is 2. The predicted octanol–water partition coefficient (Wildman–Crippen LogP) is 2.10. The molecule has 3 unspecified atom stereocenters. The Kier molecular flexibility index (Phi) is 5.27. The van der Waals surface area contributed by atoms with Gasteiger partial charge >= 0.3 is 0 Å². The summed E-state index contributed by atoms with van der Waals surface area (Å²) in [6.45, 7) is 12.0. The minimum atomic E-state index is -0.205. The van der Waals surface area contributed by atoms with Crippen LogP contribution in [0.5, 0.6) is 0 Å². The number of nitrogens with zero attached hydrogens (tertiary/aromatic N) is 1. The Morgan fingerprint density at radius 2 is 1.68 bits per heavy atom. The van der Waals surface area contributed by atoms with Crippen LogP contribution in [0.25, 0.3) is 0 Å². The molecule has 1 saturated carbocycles. The van der Waals surface area contributed by atoms with Crippen molar-refractivity contribution in [2.45, 2.75) is 65.1 Å². The molecule has 112 valence electrons. The summed E-state index contributed by atoms with van der Waals surface area (Å²) >= 11 is 0. The third kappa shape index (κ3) is 3.71. The number of nitrogens with one attached hydrogen (secondary N) is 1. The number of hydrogen-bond donors (Lipinski definition) is 2. The Bertz CT molecular complexity index is 266. The van der Waals surface area contributed by atoms with Crippen LogP contribution in [-0.2, 0) is 0 Å². The van der Waals surface area contributed by atoms with Crippen LogP contribution in [0.1, 0.15) is 47.0 Å². The van der Waals surface area contributed by atoms with E-state index in [0.29, 0.717) is 18.0 Å². The van der Waals surface area contributed by atoms with Crippen molar-refractivity contribution in [3.05, 3.63) is 0 Å². The molecule has 1 aliphatic heterocycles. The topological polar surface area (TPSA) is 35.5 Å². The molecule has 2 N–H and O–H groups in total. The van der Waals surface area contributed by atoms with E-state index in [1.165, 1.54) is 32.4 Å². The van der Waals surface area contributed by atoms with E-state index >= 15 is 0 Å². The van der Waals surface area contributed by atoms with E-state index < -0.39 is 0 Å². The van der Waals surface area contributed by atoms with Crippen molar-refractivity contribution in [1.29, 1.82) is 0 Å². The van der Waals surface area contributed by atoms with Gasteiger partial charge in [-0.2, -0.15) is 0 Å². The van der Waals surface area contributed by atoms with Crippen LogP contribution in [-0.4, -0.2) is 47.8 Å². The summed E-state index contributed by atoms with van der Waals surface area (Å²) in [5, 5.41) is 13.7. The van der Waals surface area contributed by atoms with Crippen LogP contribution in [0.4, 0.5) is 0 Å². The van der Waals surface area contributed by atoms with E-state index in [1.54, 1.807) is 0 Å². The normalized spacial score (nSPS) is 33.9. The summed E-state index contributed by atoms with van der Waals surface area (Å²) in [5.74, 6) is 1.92. The summed E-state index contributed by atoms with van der Waals surface area (Å²) in [6, 6.07) is 1.31. The first-order chi connectivity index (χ1) is 8.99. The van der Waals surface area contributed by atoms with Gasteiger partial charge in [-0.15, -0.1) is 0 Å². The van der Waals surface area contributed by atoms with Crippen LogP contribution in [0, 0.1) is 17.8 Å². The number of piperidine rings is 1. The zero-order valence-corrected chi connectivity index (χ0v) is 13.1. The van der Waals surface area contributed by atoms with Crippen molar-refractivity contribution in [3.63, 3.8) is 0 Å². The van der Waals surface area contributed by atoms with Gasteiger partial charge < -0.3 is 15.3 Å². The second-order valence-electron chi connectivity index (χ2n) is 7.24. The van der Waals surface area contributed by atoms with E-state index in [2.05, 4.69) is 37.9 Å². The SMILES string of the molecule is CC(C)C(O)CNC1C2CCCC1CN(C(C)C)C2. The number of likely N-dealkylation sites (tertiary alicyclic amines) is 1.